The number of esters is 2. The van der Waals surface area contributed by atoms with Gasteiger partial charge in [0.1, 0.15) is 18.8 Å². The zero-order chi connectivity index (χ0) is 28.5. The number of hydrogen-bond donors (Lipinski definition) is 0. The van der Waals surface area contributed by atoms with E-state index in [1.54, 1.807) is 6.08 Å². The van der Waals surface area contributed by atoms with Gasteiger partial charge in [0.2, 0.25) is 0 Å². The Bertz CT molecular complexity index is 1470. The van der Waals surface area contributed by atoms with Gasteiger partial charge in [0.25, 0.3) is 0 Å². The van der Waals surface area contributed by atoms with Crippen LogP contribution < -0.4 is 0 Å². The molecule has 3 atom stereocenters. The fourth-order valence-corrected chi connectivity index (χ4v) is 6.62. The van der Waals surface area contributed by atoms with E-state index in [4.69, 9.17) is 14.2 Å². The fraction of sp³-hybridized carbons (Fsp3) is 0.286. The Morgan fingerprint density at radius 1 is 0.829 bits per heavy atom. The molecule has 3 aromatic carbocycles. The van der Waals surface area contributed by atoms with Crippen molar-refractivity contribution in [2.75, 3.05) is 6.61 Å². The highest BCUT2D eigenvalue weighted by atomic mass is 16.6. The Kier molecular flexibility index (Phi) is 7.18. The maximum Gasteiger partial charge on any atom is 0.325 e. The Labute approximate surface area is 239 Å². The first-order valence-corrected chi connectivity index (χ1v) is 14.0. The van der Waals surface area contributed by atoms with Gasteiger partial charge in [-0.15, -0.1) is 0 Å². The van der Waals surface area contributed by atoms with Crippen molar-refractivity contribution in [3.05, 3.63) is 131 Å². The number of ketones is 1. The molecule has 2 bridgehead atoms. The van der Waals surface area contributed by atoms with Gasteiger partial charge in [-0.1, -0.05) is 103 Å². The lowest BCUT2D eigenvalue weighted by Crippen LogP contribution is -2.49. The lowest BCUT2D eigenvalue weighted by atomic mass is 9.61. The monoisotopic (exact) mass is 548 g/mol. The SMILES string of the molecule is CC(=O)C1=C[C@@H]2c3ccccc3[C@]13OCC[C@@H]3/C=C\CC2(C(=O)OCc1ccccc1)C(=O)OCc1ccccc1. The summed E-state index contributed by atoms with van der Waals surface area (Å²) in [6, 6.07) is 26.4. The van der Waals surface area contributed by atoms with E-state index < -0.39 is 28.9 Å². The average molecular weight is 549 g/mol. The number of rotatable bonds is 7. The van der Waals surface area contributed by atoms with E-state index in [1.807, 2.05) is 97.1 Å². The average Bonchev–Trinajstić information content (AvgIpc) is 3.44. The number of ether oxygens (including phenoxy) is 3. The van der Waals surface area contributed by atoms with E-state index in [0.717, 1.165) is 22.3 Å². The number of hydrogen-bond acceptors (Lipinski definition) is 6. The van der Waals surface area contributed by atoms with Crippen LogP contribution in [-0.2, 0) is 47.4 Å². The summed E-state index contributed by atoms with van der Waals surface area (Å²) in [7, 11) is 0. The molecule has 3 aliphatic carbocycles. The van der Waals surface area contributed by atoms with Crippen LogP contribution in [0.4, 0.5) is 0 Å². The minimum absolute atomic E-state index is 0.00439. The molecule has 4 aliphatic rings. The van der Waals surface area contributed by atoms with Crippen LogP contribution in [0.3, 0.4) is 0 Å². The van der Waals surface area contributed by atoms with Gasteiger partial charge in [-0.2, -0.15) is 0 Å². The van der Waals surface area contributed by atoms with Crippen LogP contribution in [-0.4, -0.2) is 24.3 Å². The van der Waals surface area contributed by atoms with Crippen molar-refractivity contribution >= 4 is 17.7 Å². The molecule has 0 saturated carbocycles. The molecule has 208 valence electrons. The second-order valence-electron chi connectivity index (χ2n) is 10.9. The van der Waals surface area contributed by atoms with Crippen LogP contribution in [0.15, 0.2) is 109 Å². The van der Waals surface area contributed by atoms with Crippen LogP contribution in [0, 0.1) is 11.3 Å². The fourth-order valence-electron chi connectivity index (χ4n) is 6.62. The van der Waals surface area contributed by atoms with E-state index in [-0.39, 0.29) is 31.3 Å². The van der Waals surface area contributed by atoms with Crippen molar-refractivity contribution in [3.8, 4) is 0 Å². The molecule has 7 rings (SSSR count). The molecule has 1 aliphatic heterocycles. The first-order valence-electron chi connectivity index (χ1n) is 14.0. The molecule has 0 radical (unpaired) electrons. The van der Waals surface area contributed by atoms with Crippen molar-refractivity contribution < 1.29 is 28.6 Å². The lowest BCUT2D eigenvalue weighted by Gasteiger charge is -2.44. The summed E-state index contributed by atoms with van der Waals surface area (Å²) >= 11 is 0. The highest BCUT2D eigenvalue weighted by molar-refractivity contribution is 6.03. The summed E-state index contributed by atoms with van der Waals surface area (Å²) in [6.07, 6.45) is 6.42. The van der Waals surface area contributed by atoms with Gasteiger partial charge in [0.05, 0.1) is 0 Å². The maximum atomic E-state index is 14.3. The van der Waals surface area contributed by atoms with E-state index in [1.165, 1.54) is 6.92 Å². The van der Waals surface area contributed by atoms with Gasteiger partial charge in [-0.05, 0) is 42.0 Å². The smallest absolute Gasteiger partial charge is 0.325 e. The van der Waals surface area contributed by atoms with Gasteiger partial charge in [-0.25, -0.2) is 0 Å². The first-order chi connectivity index (χ1) is 20.0. The Hall–Kier alpha value is -4.29. The largest absolute Gasteiger partial charge is 0.460 e. The van der Waals surface area contributed by atoms with Crippen LogP contribution >= 0.6 is 0 Å². The third-order valence-electron chi connectivity index (χ3n) is 8.58. The Morgan fingerprint density at radius 2 is 1.41 bits per heavy atom. The van der Waals surface area contributed by atoms with Crippen LogP contribution in [0.25, 0.3) is 0 Å². The molecule has 0 N–H and O–H groups in total. The molecular weight excluding hydrogens is 516 g/mol. The summed E-state index contributed by atoms with van der Waals surface area (Å²) in [5, 5.41) is 0. The Balaban J connectivity index is 1.50. The van der Waals surface area contributed by atoms with Crippen molar-refractivity contribution in [3.63, 3.8) is 0 Å². The van der Waals surface area contributed by atoms with Crippen LogP contribution in [0.5, 0.6) is 0 Å². The van der Waals surface area contributed by atoms with Gasteiger partial charge >= 0.3 is 11.9 Å². The van der Waals surface area contributed by atoms with E-state index in [9.17, 15) is 14.4 Å². The molecule has 6 nitrogen and oxygen atoms in total. The highest BCUT2D eigenvalue weighted by Crippen LogP contribution is 2.58. The van der Waals surface area contributed by atoms with Crippen LogP contribution in [0.1, 0.15) is 47.9 Å². The molecule has 1 fully saturated rings. The summed E-state index contributed by atoms with van der Waals surface area (Å²) in [5.74, 6) is -2.46. The zero-order valence-electron chi connectivity index (χ0n) is 23.0. The van der Waals surface area contributed by atoms with Crippen molar-refractivity contribution in [2.24, 2.45) is 11.3 Å². The zero-order valence-corrected chi connectivity index (χ0v) is 23.0. The number of benzene rings is 3. The predicted octanol–water partition coefficient (Wildman–Crippen LogP) is 5.96. The third-order valence-corrected chi connectivity index (χ3v) is 8.58. The summed E-state index contributed by atoms with van der Waals surface area (Å²) < 4.78 is 18.3. The predicted molar refractivity (Wildman–Crippen MR) is 152 cm³/mol. The normalized spacial score (nSPS) is 24.5. The molecule has 1 spiro atoms. The molecule has 3 aromatic rings. The number of Topliss-reactive ketones (excluding diaryl/α,β-unsaturated/α-hetero) is 1. The van der Waals surface area contributed by atoms with Crippen molar-refractivity contribution in [2.45, 2.75) is 44.5 Å². The van der Waals surface area contributed by atoms with E-state index in [2.05, 4.69) is 0 Å². The third kappa shape index (κ3) is 4.52. The van der Waals surface area contributed by atoms with Gasteiger partial charge in [-0.3, -0.25) is 14.4 Å². The number of allylic oxidation sites excluding steroid dienone is 2. The molecule has 0 unspecified atom stereocenters. The molecule has 6 heteroatoms. The van der Waals surface area contributed by atoms with Gasteiger partial charge in [0.15, 0.2) is 11.2 Å². The minimum Gasteiger partial charge on any atom is -0.460 e. The molecule has 1 heterocycles. The quantitative estimate of drug-likeness (QED) is 0.206. The summed E-state index contributed by atoms with van der Waals surface area (Å²) in [5.41, 5.74) is 0.914. The van der Waals surface area contributed by atoms with Crippen LogP contribution in [0.2, 0.25) is 0 Å². The maximum absolute atomic E-state index is 14.3. The van der Waals surface area contributed by atoms with Crippen molar-refractivity contribution in [1.82, 2.24) is 0 Å². The summed E-state index contributed by atoms with van der Waals surface area (Å²) in [6.45, 7) is 2.03. The molecular formula is C35H32O6. The Morgan fingerprint density at radius 3 is 2.02 bits per heavy atom. The lowest BCUT2D eigenvalue weighted by molar-refractivity contribution is -0.175. The van der Waals surface area contributed by atoms with E-state index >= 15 is 0 Å². The number of carbonyl (C=O) groups is 3. The number of fused-ring (bicyclic) bond motifs is 2. The molecule has 1 saturated heterocycles. The molecule has 0 aromatic heterocycles. The minimum atomic E-state index is -1.77. The second kappa shape index (κ2) is 10.9. The van der Waals surface area contributed by atoms with Gasteiger partial charge in [0, 0.05) is 24.0 Å². The molecule has 0 amide bonds. The topological polar surface area (TPSA) is 78.9 Å². The van der Waals surface area contributed by atoms with Gasteiger partial charge < -0.3 is 14.2 Å². The van der Waals surface area contributed by atoms with E-state index in [0.29, 0.717) is 18.6 Å². The number of carbonyl (C=O) groups excluding carboxylic acids is 3. The second-order valence-corrected chi connectivity index (χ2v) is 10.9. The highest BCUT2D eigenvalue weighted by Gasteiger charge is 2.61. The molecule has 41 heavy (non-hydrogen) atoms. The first kappa shape index (κ1) is 26.9. The van der Waals surface area contributed by atoms with Crippen molar-refractivity contribution in [1.29, 1.82) is 0 Å². The standard InChI is InChI=1S/C35H32O6/c1-24(36)30-21-31-28-16-8-9-17-29(28)35(30)27(18-20-41-35)15-10-19-34(31,32(37)39-22-25-11-4-2-5-12-25)33(38)40-23-26-13-6-3-7-14-26/h2-17,21,27,31H,18-20,22-23H2,1H3/b15-10-/t27-,31+,35-/m0/s1. The summed E-state index contributed by atoms with van der Waals surface area (Å²) in [4.78, 5) is 42.0.